The van der Waals surface area contributed by atoms with Crippen molar-refractivity contribution in [2.24, 2.45) is 4.99 Å². The summed E-state index contributed by atoms with van der Waals surface area (Å²) in [4.78, 5) is 46.2. The van der Waals surface area contributed by atoms with Crippen molar-refractivity contribution in [3.8, 4) is 0 Å². The number of aliphatic hydroxyl groups excluding tert-OH is 1. The van der Waals surface area contributed by atoms with E-state index in [1.54, 1.807) is 23.1 Å². The number of halogens is 1. The summed E-state index contributed by atoms with van der Waals surface area (Å²) in [6, 6.07) is 6.50. The van der Waals surface area contributed by atoms with E-state index in [0.717, 1.165) is 5.56 Å². The van der Waals surface area contributed by atoms with Crippen LogP contribution in [-0.2, 0) is 20.9 Å². The third kappa shape index (κ3) is 4.62. The van der Waals surface area contributed by atoms with Crippen LogP contribution in [0.2, 0.25) is 5.02 Å². The first-order valence-electron chi connectivity index (χ1n) is 10.1. The van der Waals surface area contributed by atoms with Gasteiger partial charge in [0.05, 0.1) is 11.7 Å². The van der Waals surface area contributed by atoms with Gasteiger partial charge in [0, 0.05) is 39.3 Å². The number of hydrogen-bond donors (Lipinski definition) is 2. The molecular weight excluding hydrogens is 434 g/mol. The zero-order valence-corrected chi connectivity index (χ0v) is 19.0. The summed E-state index contributed by atoms with van der Waals surface area (Å²) in [5.74, 6) is -1.84. The van der Waals surface area contributed by atoms with Crippen molar-refractivity contribution < 1.29 is 19.5 Å². The molecule has 3 rings (SSSR count). The summed E-state index contributed by atoms with van der Waals surface area (Å²) >= 11 is 5.98. The van der Waals surface area contributed by atoms with Gasteiger partial charge in [-0.2, -0.15) is 0 Å². The van der Waals surface area contributed by atoms with Crippen molar-refractivity contribution in [2.45, 2.75) is 25.4 Å². The zero-order chi connectivity index (χ0) is 23.6. The summed E-state index contributed by atoms with van der Waals surface area (Å²) < 4.78 is 0. The van der Waals surface area contributed by atoms with Gasteiger partial charge in [0.15, 0.2) is 11.5 Å². The Bertz CT molecular complexity index is 1030. The second-order valence-electron chi connectivity index (χ2n) is 7.85. The van der Waals surface area contributed by atoms with Gasteiger partial charge in [0.2, 0.25) is 0 Å². The highest BCUT2D eigenvalue weighted by molar-refractivity contribution is 6.35. The Morgan fingerprint density at radius 1 is 1.28 bits per heavy atom. The second kappa shape index (κ2) is 9.44. The second-order valence-corrected chi connectivity index (χ2v) is 8.29. The van der Waals surface area contributed by atoms with Crippen molar-refractivity contribution in [1.29, 1.82) is 0 Å². The number of aliphatic hydroxyl groups is 1. The number of rotatable bonds is 4. The largest absolute Gasteiger partial charge is 0.504 e. The Labute approximate surface area is 191 Å². The van der Waals surface area contributed by atoms with E-state index in [4.69, 9.17) is 11.6 Å². The number of piperidine rings is 1. The van der Waals surface area contributed by atoms with Crippen LogP contribution in [0.3, 0.4) is 0 Å². The van der Waals surface area contributed by atoms with Crippen LogP contribution >= 0.6 is 11.6 Å². The number of benzene rings is 1. The van der Waals surface area contributed by atoms with Crippen LogP contribution in [0.1, 0.15) is 18.4 Å². The molecule has 3 amide bonds. The molecule has 1 fully saturated rings. The number of amides is 3. The standard InChI is InChI=1S/C22H26ClN5O4/c1-13-18(29)17(20(30)24-12-14-7-5-8-15(23)11-14)25-19-16(9-6-10-28(13)19)27(4)22(32)21(31)26(2)3/h5,7-8,11,16,29H,1,6,9-10,12H2,2-4H3,(H,24,30). The Morgan fingerprint density at radius 2 is 2.00 bits per heavy atom. The maximum Gasteiger partial charge on any atom is 0.312 e. The van der Waals surface area contributed by atoms with E-state index in [2.05, 4.69) is 16.9 Å². The molecule has 0 aromatic heterocycles. The fourth-order valence-electron chi connectivity index (χ4n) is 3.63. The number of amidine groups is 1. The van der Waals surface area contributed by atoms with Crippen LogP contribution in [0.5, 0.6) is 0 Å². The predicted octanol–water partition coefficient (Wildman–Crippen LogP) is 1.66. The molecule has 1 aromatic carbocycles. The Balaban J connectivity index is 1.85. The van der Waals surface area contributed by atoms with Gasteiger partial charge in [0.1, 0.15) is 5.84 Å². The molecule has 32 heavy (non-hydrogen) atoms. The number of carbonyl (C=O) groups excluding carboxylic acids is 3. The topological polar surface area (TPSA) is 106 Å². The number of fused-ring (bicyclic) bond motifs is 1. The predicted molar refractivity (Wildman–Crippen MR) is 121 cm³/mol. The van der Waals surface area contributed by atoms with Crippen molar-refractivity contribution >= 4 is 35.2 Å². The normalized spacial score (nSPS) is 18.0. The quantitative estimate of drug-likeness (QED) is 0.666. The van der Waals surface area contributed by atoms with Gasteiger partial charge >= 0.3 is 11.8 Å². The van der Waals surface area contributed by atoms with E-state index in [9.17, 15) is 19.5 Å². The highest BCUT2D eigenvalue weighted by Crippen LogP contribution is 2.30. The molecule has 2 heterocycles. The summed E-state index contributed by atoms with van der Waals surface area (Å²) in [6.07, 6.45) is 1.25. The van der Waals surface area contributed by atoms with E-state index in [1.807, 2.05) is 6.07 Å². The van der Waals surface area contributed by atoms with Crippen LogP contribution in [0.4, 0.5) is 0 Å². The summed E-state index contributed by atoms with van der Waals surface area (Å²) in [5, 5.41) is 13.9. The average Bonchev–Trinajstić information content (AvgIpc) is 2.77. The first-order chi connectivity index (χ1) is 15.1. The minimum atomic E-state index is -0.680. The van der Waals surface area contributed by atoms with Crippen LogP contribution in [0.25, 0.3) is 0 Å². The lowest BCUT2D eigenvalue weighted by Gasteiger charge is -2.42. The molecule has 0 radical (unpaired) electrons. The fourth-order valence-corrected chi connectivity index (χ4v) is 3.84. The van der Waals surface area contributed by atoms with E-state index >= 15 is 0 Å². The maximum atomic E-state index is 12.8. The molecule has 1 atom stereocenters. The Hall–Kier alpha value is -3.33. The lowest BCUT2D eigenvalue weighted by atomic mass is 9.99. The molecule has 1 aromatic rings. The third-order valence-corrected chi connectivity index (χ3v) is 5.65. The average molecular weight is 460 g/mol. The zero-order valence-electron chi connectivity index (χ0n) is 18.3. The van der Waals surface area contributed by atoms with Gasteiger partial charge in [-0.05, 0) is 30.5 Å². The number of likely N-dealkylation sites (N-methyl/N-ethyl adjacent to an activating group) is 2. The third-order valence-electron chi connectivity index (χ3n) is 5.42. The van der Waals surface area contributed by atoms with Gasteiger partial charge in [-0.15, -0.1) is 0 Å². The van der Waals surface area contributed by atoms with Crippen LogP contribution in [0, 0.1) is 0 Å². The van der Waals surface area contributed by atoms with Gasteiger partial charge in [-0.1, -0.05) is 30.3 Å². The van der Waals surface area contributed by atoms with Crippen molar-refractivity contribution in [3.05, 3.63) is 58.6 Å². The summed E-state index contributed by atoms with van der Waals surface area (Å²) in [6.45, 7) is 4.62. The molecule has 0 bridgehead atoms. The number of nitrogens with one attached hydrogen (secondary N) is 1. The molecule has 2 aliphatic heterocycles. The van der Waals surface area contributed by atoms with Crippen LogP contribution < -0.4 is 5.32 Å². The smallest absolute Gasteiger partial charge is 0.312 e. The highest BCUT2D eigenvalue weighted by atomic mass is 35.5. The number of carbonyl (C=O) groups is 3. The molecule has 0 spiro atoms. The monoisotopic (exact) mass is 459 g/mol. The van der Waals surface area contributed by atoms with Crippen LogP contribution in [-0.4, -0.2) is 77.1 Å². The first-order valence-corrected chi connectivity index (χ1v) is 10.5. The Kier molecular flexibility index (Phi) is 6.88. The molecule has 170 valence electrons. The summed E-state index contributed by atoms with van der Waals surface area (Å²) in [5.41, 5.74) is 0.834. The SMILES string of the molecule is C=C1C(O)=C(C(=O)NCc2cccc(Cl)c2)N=C2C(N(C)C(=O)C(=O)N(C)C)CCCN12. The van der Waals surface area contributed by atoms with E-state index in [-0.39, 0.29) is 23.7 Å². The number of hydrogen-bond acceptors (Lipinski definition) is 6. The summed E-state index contributed by atoms with van der Waals surface area (Å²) in [7, 11) is 4.54. The number of aliphatic imine (C=N–C) groups is 1. The number of nitrogens with zero attached hydrogens (tertiary/aromatic N) is 4. The molecule has 2 N–H and O–H groups in total. The van der Waals surface area contributed by atoms with Gasteiger partial charge in [-0.3, -0.25) is 14.4 Å². The van der Waals surface area contributed by atoms with Gasteiger partial charge < -0.3 is 25.1 Å². The van der Waals surface area contributed by atoms with E-state index in [1.165, 1.54) is 30.9 Å². The lowest BCUT2D eigenvalue weighted by Crippen LogP contribution is -2.56. The molecule has 9 nitrogen and oxygen atoms in total. The molecule has 1 unspecified atom stereocenters. The molecule has 10 heteroatoms. The maximum absolute atomic E-state index is 12.8. The molecule has 2 aliphatic rings. The van der Waals surface area contributed by atoms with Crippen molar-refractivity contribution in [2.75, 3.05) is 27.7 Å². The van der Waals surface area contributed by atoms with Crippen molar-refractivity contribution in [1.82, 2.24) is 20.0 Å². The Morgan fingerprint density at radius 3 is 2.66 bits per heavy atom. The minimum absolute atomic E-state index is 0.185. The van der Waals surface area contributed by atoms with Gasteiger partial charge in [0.25, 0.3) is 5.91 Å². The minimum Gasteiger partial charge on any atom is -0.504 e. The molecular formula is C22H26ClN5O4. The fraction of sp³-hybridized carbons (Fsp3) is 0.364. The molecule has 1 saturated heterocycles. The first kappa shape index (κ1) is 23.3. The van der Waals surface area contributed by atoms with Crippen LogP contribution in [0.15, 0.2) is 53.0 Å². The van der Waals surface area contributed by atoms with Gasteiger partial charge in [-0.25, -0.2) is 4.99 Å². The molecule has 0 saturated carbocycles. The highest BCUT2D eigenvalue weighted by Gasteiger charge is 2.39. The lowest BCUT2D eigenvalue weighted by molar-refractivity contribution is -0.150. The molecule has 0 aliphatic carbocycles. The van der Waals surface area contributed by atoms with E-state index in [0.29, 0.717) is 30.2 Å². The van der Waals surface area contributed by atoms with E-state index < -0.39 is 23.8 Å². The van der Waals surface area contributed by atoms with Crippen molar-refractivity contribution in [3.63, 3.8) is 0 Å².